The summed E-state index contributed by atoms with van der Waals surface area (Å²) in [6, 6.07) is 6.04. The number of thiazole rings is 1. The van der Waals surface area contributed by atoms with Crippen molar-refractivity contribution >= 4 is 38.9 Å². The van der Waals surface area contributed by atoms with Gasteiger partial charge < -0.3 is 5.11 Å². The highest BCUT2D eigenvalue weighted by Crippen LogP contribution is 2.32. The van der Waals surface area contributed by atoms with Gasteiger partial charge >= 0.3 is 5.97 Å². The lowest BCUT2D eigenvalue weighted by Crippen LogP contribution is -2.01. The van der Waals surface area contributed by atoms with Gasteiger partial charge in [0.15, 0.2) is 14.2 Å². The topological polar surface area (TPSA) is 128 Å². The molecule has 3 aromatic rings. The second kappa shape index (κ2) is 6.30. The van der Waals surface area contributed by atoms with Gasteiger partial charge in [-0.2, -0.15) is 4.68 Å². The molecule has 1 N–H and O–H groups in total. The van der Waals surface area contributed by atoms with Gasteiger partial charge in [-0.25, -0.2) is 18.2 Å². The van der Waals surface area contributed by atoms with Crippen LogP contribution in [-0.4, -0.2) is 50.9 Å². The molecule has 0 radical (unpaired) electrons. The van der Waals surface area contributed by atoms with Crippen LogP contribution in [0.1, 0.15) is 10.4 Å². The van der Waals surface area contributed by atoms with Gasteiger partial charge in [0, 0.05) is 6.26 Å². The van der Waals surface area contributed by atoms with Crippen molar-refractivity contribution in [3.05, 3.63) is 36.0 Å². The number of tetrazole rings is 1. The number of carbonyl (C=O) groups is 1. The fraction of sp³-hybridized carbons (Fsp3) is 0.0833. The first-order chi connectivity index (χ1) is 11.3. The van der Waals surface area contributed by atoms with Crippen LogP contribution < -0.4 is 0 Å². The fourth-order valence-electron chi connectivity index (χ4n) is 1.69. The maximum atomic E-state index is 11.5. The minimum atomic E-state index is -3.31. The number of carboxylic acids is 1. The number of aromatic nitrogens is 5. The third-order valence-electron chi connectivity index (χ3n) is 2.81. The number of nitrogens with zero attached hydrogens (tertiary/aromatic N) is 5. The Balaban J connectivity index is 1.88. The number of aromatic carboxylic acids is 1. The lowest BCUT2D eigenvalue weighted by molar-refractivity contribution is 0.0697. The molecule has 9 nitrogen and oxygen atoms in total. The summed E-state index contributed by atoms with van der Waals surface area (Å²) in [5.41, 5.74) is 0.728. The van der Waals surface area contributed by atoms with Gasteiger partial charge in [-0.3, -0.25) is 0 Å². The lowest BCUT2D eigenvalue weighted by atomic mass is 10.2. The van der Waals surface area contributed by atoms with Gasteiger partial charge in [-0.15, -0.1) is 5.10 Å². The van der Waals surface area contributed by atoms with E-state index in [1.165, 1.54) is 23.0 Å². The molecule has 124 valence electrons. The Kier molecular flexibility index (Phi) is 4.34. The standard InChI is InChI=1S/C12H9N5O4S3/c1-24(20,21)9-6-13-12(22-9)23-11-14-15-16-17(11)8-4-2-7(3-5-8)10(18)19/h2-6H,1H3,(H,18,19). The Morgan fingerprint density at radius 3 is 2.58 bits per heavy atom. The zero-order chi connectivity index (χ0) is 17.3. The zero-order valence-electron chi connectivity index (χ0n) is 12.0. The molecule has 1 aromatic carbocycles. The molecule has 0 aliphatic heterocycles. The first-order valence-corrected chi connectivity index (χ1v) is 9.83. The summed E-state index contributed by atoms with van der Waals surface area (Å²) in [6.07, 6.45) is 2.40. The SMILES string of the molecule is CS(=O)(=O)c1cnc(Sc2nnnn2-c2ccc(C(=O)O)cc2)s1. The van der Waals surface area contributed by atoms with Crippen LogP contribution in [0.25, 0.3) is 5.69 Å². The molecule has 12 heteroatoms. The first-order valence-electron chi connectivity index (χ1n) is 6.30. The summed E-state index contributed by atoms with van der Waals surface area (Å²) in [5, 5.41) is 20.6. The van der Waals surface area contributed by atoms with Gasteiger partial charge in [0.1, 0.15) is 4.21 Å². The summed E-state index contributed by atoms with van der Waals surface area (Å²) in [5.74, 6) is -1.02. The largest absolute Gasteiger partial charge is 0.478 e. The quantitative estimate of drug-likeness (QED) is 0.694. The predicted molar refractivity (Wildman–Crippen MR) is 85.5 cm³/mol. The van der Waals surface area contributed by atoms with E-state index in [-0.39, 0.29) is 9.77 Å². The van der Waals surface area contributed by atoms with Crippen molar-refractivity contribution in [1.82, 2.24) is 25.2 Å². The number of hydrogen-bond donors (Lipinski definition) is 1. The van der Waals surface area contributed by atoms with Crippen molar-refractivity contribution < 1.29 is 18.3 Å². The smallest absolute Gasteiger partial charge is 0.335 e. The molecule has 0 atom stereocenters. The minimum Gasteiger partial charge on any atom is -0.478 e. The predicted octanol–water partition coefficient (Wildman–Crippen LogP) is 1.37. The van der Waals surface area contributed by atoms with Crippen molar-refractivity contribution in [3.63, 3.8) is 0 Å². The van der Waals surface area contributed by atoms with E-state index in [2.05, 4.69) is 20.5 Å². The zero-order valence-corrected chi connectivity index (χ0v) is 14.5. The van der Waals surface area contributed by atoms with Crippen molar-refractivity contribution in [2.45, 2.75) is 13.7 Å². The van der Waals surface area contributed by atoms with Crippen LogP contribution >= 0.6 is 23.1 Å². The molecular weight excluding hydrogens is 374 g/mol. The molecule has 0 saturated carbocycles. The number of hydrogen-bond acceptors (Lipinski definition) is 9. The highest BCUT2D eigenvalue weighted by Gasteiger charge is 2.16. The third-order valence-corrected chi connectivity index (χ3v) is 6.61. The summed E-state index contributed by atoms with van der Waals surface area (Å²) in [4.78, 5) is 14.9. The van der Waals surface area contributed by atoms with Crippen molar-refractivity contribution in [1.29, 1.82) is 0 Å². The monoisotopic (exact) mass is 383 g/mol. The van der Waals surface area contributed by atoms with Crippen LogP contribution in [0, 0.1) is 0 Å². The summed E-state index contributed by atoms with van der Waals surface area (Å²) >= 11 is 2.14. The van der Waals surface area contributed by atoms with Crippen molar-refractivity contribution in [3.8, 4) is 5.69 Å². The molecule has 0 aliphatic carbocycles. The van der Waals surface area contributed by atoms with E-state index in [4.69, 9.17) is 5.11 Å². The summed E-state index contributed by atoms with van der Waals surface area (Å²) in [7, 11) is -3.31. The average Bonchev–Trinajstić information content (AvgIpc) is 3.17. The maximum absolute atomic E-state index is 11.5. The number of rotatable bonds is 5. The molecule has 24 heavy (non-hydrogen) atoms. The summed E-state index contributed by atoms with van der Waals surface area (Å²) in [6.45, 7) is 0. The first kappa shape index (κ1) is 16.5. The Morgan fingerprint density at radius 1 is 1.29 bits per heavy atom. The van der Waals surface area contributed by atoms with E-state index in [9.17, 15) is 13.2 Å². The molecule has 0 spiro atoms. The van der Waals surface area contributed by atoms with Crippen LogP contribution in [-0.2, 0) is 9.84 Å². The van der Waals surface area contributed by atoms with Gasteiger partial charge in [-0.1, -0.05) is 11.3 Å². The average molecular weight is 383 g/mol. The Labute approximate surface area is 144 Å². The van der Waals surface area contributed by atoms with E-state index in [1.54, 1.807) is 12.1 Å². The Hall–Kier alpha value is -2.31. The molecule has 0 aliphatic rings. The van der Waals surface area contributed by atoms with E-state index in [0.29, 0.717) is 15.2 Å². The van der Waals surface area contributed by atoms with E-state index in [1.807, 2.05) is 0 Å². The molecular formula is C12H9N5O4S3. The maximum Gasteiger partial charge on any atom is 0.335 e. The molecule has 2 heterocycles. The fourth-order valence-corrected chi connectivity index (χ4v) is 4.55. The van der Waals surface area contributed by atoms with Crippen LogP contribution in [0.15, 0.2) is 44.2 Å². The molecule has 0 fully saturated rings. The van der Waals surface area contributed by atoms with Gasteiger partial charge in [-0.05, 0) is 46.5 Å². The lowest BCUT2D eigenvalue weighted by Gasteiger charge is -2.03. The molecule has 0 amide bonds. The van der Waals surface area contributed by atoms with Crippen molar-refractivity contribution in [2.75, 3.05) is 6.26 Å². The van der Waals surface area contributed by atoms with Gasteiger partial charge in [0.25, 0.3) is 0 Å². The molecule has 0 saturated heterocycles. The van der Waals surface area contributed by atoms with E-state index >= 15 is 0 Å². The van der Waals surface area contributed by atoms with Crippen LogP contribution in [0.2, 0.25) is 0 Å². The second-order valence-electron chi connectivity index (χ2n) is 4.54. The molecule has 0 bridgehead atoms. The molecule has 0 unspecified atom stereocenters. The number of benzene rings is 1. The van der Waals surface area contributed by atoms with E-state index in [0.717, 1.165) is 29.4 Å². The number of carboxylic acid groups (broad SMARTS) is 1. The molecule has 3 rings (SSSR count). The van der Waals surface area contributed by atoms with Crippen LogP contribution in [0.3, 0.4) is 0 Å². The van der Waals surface area contributed by atoms with E-state index < -0.39 is 15.8 Å². The normalized spacial score (nSPS) is 11.5. The summed E-state index contributed by atoms with van der Waals surface area (Å²) < 4.78 is 25.0. The second-order valence-corrected chi connectivity index (χ2v) is 9.03. The Bertz CT molecular complexity index is 994. The van der Waals surface area contributed by atoms with Gasteiger partial charge in [0.05, 0.1) is 17.4 Å². The minimum absolute atomic E-state index is 0.152. The van der Waals surface area contributed by atoms with Crippen LogP contribution in [0.5, 0.6) is 0 Å². The van der Waals surface area contributed by atoms with Gasteiger partial charge in [0.2, 0.25) is 5.16 Å². The highest BCUT2D eigenvalue weighted by molar-refractivity contribution is 8.01. The highest BCUT2D eigenvalue weighted by atomic mass is 32.2. The van der Waals surface area contributed by atoms with Crippen LogP contribution in [0.4, 0.5) is 0 Å². The molecule has 2 aromatic heterocycles. The Morgan fingerprint density at radius 2 is 2.00 bits per heavy atom. The van der Waals surface area contributed by atoms with Crippen molar-refractivity contribution in [2.24, 2.45) is 0 Å². The third kappa shape index (κ3) is 3.44. The number of sulfone groups is 1.